The molecule has 3 aromatic rings. The standard InChI is InChI=1S/C17H18FN5O/c1-11-9-13(6-7-14(11)18)10-19-17(24)20-12(2)16-22-21-15-5-3-4-8-23(15)16/h3-9,12H,10H2,1-2H3,(H2,19,20,24). The summed E-state index contributed by atoms with van der Waals surface area (Å²) in [6.07, 6.45) is 1.85. The lowest BCUT2D eigenvalue weighted by Gasteiger charge is -2.13. The highest BCUT2D eigenvalue weighted by molar-refractivity contribution is 5.74. The van der Waals surface area contributed by atoms with Crippen LogP contribution in [-0.2, 0) is 6.54 Å². The van der Waals surface area contributed by atoms with E-state index in [4.69, 9.17) is 0 Å². The molecule has 1 atom stereocenters. The third-order valence-corrected chi connectivity index (χ3v) is 3.75. The predicted molar refractivity (Wildman–Crippen MR) is 87.9 cm³/mol. The van der Waals surface area contributed by atoms with Crippen molar-refractivity contribution < 1.29 is 9.18 Å². The number of carbonyl (C=O) groups excluding carboxylic acids is 1. The second kappa shape index (κ2) is 6.66. The van der Waals surface area contributed by atoms with Crippen molar-refractivity contribution in [1.29, 1.82) is 0 Å². The van der Waals surface area contributed by atoms with E-state index in [1.165, 1.54) is 6.07 Å². The van der Waals surface area contributed by atoms with Crippen LogP contribution in [0.4, 0.5) is 9.18 Å². The van der Waals surface area contributed by atoms with Gasteiger partial charge in [0.05, 0.1) is 6.04 Å². The van der Waals surface area contributed by atoms with Crippen LogP contribution in [0.25, 0.3) is 5.65 Å². The first-order valence-corrected chi connectivity index (χ1v) is 7.63. The third-order valence-electron chi connectivity index (χ3n) is 3.75. The van der Waals surface area contributed by atoms with Gasteiger partial charge in [0.2, 0.25) is 0 Å². The number of fused-ring (bicyclic) bond motifs is 1. The Morgan fingerprint density at radius 2 is 2.12 bits per heavy atom. The average molecular weight is 327 g/mol. The summed E-state index contributed by atoms with van der Waals surface area (Å²) in [5.74, 6) is 0.397. The Labute approximate surface area is 138 Å². The number of aromatic nitrogens is 3. The van der Waals surface area contributed by atoms with Crippen molar-refractivity contribution in [1.82, 2.24) is 25.2 Å². The van der Waals surface area contributed by atoms with Crippen molar-refractivity contribution in [2.75, 3.05) is 0 Å². The van der Waals surface area contributed by atoms with Crippen LogP contribution in [0.5, 0.6) is 0 Å². The van der Waals surface area contributed by atoms with Gasteiger partial charge in [-0.1, -0.05) is 18.2 Å². The summed E-state index contributed by atoms with van der Waals surface area (Å²) in [6.45, 7) is 3.85. The van der Waals surface area contributed by atoms with Gasteiger partial charge < -0.3 is 10.6 Å². The Hall–Kier alpha value is -2.96. The van der Waals surface area contributed by atoms with E-state index in [9.17, 15) is 9.18 Å². The highest BCUT2D eigenvalue weighted by Crippen LogP contribution is 2.12. The first kappa shape index (κ1) is 15.9. The maximum absolute atomic E-state index is 13.2. The Balaban J connectivity index is 1.61. The normalized spacial score (nSPS) is 12.1. The topological polar surface area (TPSA) is 71.3 Å². The summed E-state index contributed by atoms with van der Waals surface area (Å²) < 4.78 is 15.1. The van der Waals surface area contributed by atoms with Gasteiger partial charge in [0.25, 0.3) is 0 Å². The van der Waals surface area contributed by atoms with E-state index in [0.29, 0.717) is 17.9 Å². The van der Waals surface area contributed by atoms with Crippen LogP contribution in [-0.4, -0.2) is 20.6 Å². The molecule has 2 heterocycles. The van der Waals surface area contributed by atoms with Crippen molar-refractivity contribution in [3.63, 3.8) is 0 Å². The van der Waals surface area contributed by atoms with Gasteiger partial charge in [0.15, 0.2) is 11.5 Å². The number of urea groups is 1. The van der Waals surface area contributed by atoms with Crippen molar-refractivity contribution in [3.05, 3.63) is 65.4 Å². The second-order valence-corrected chi connectivity index (χ2v) is 5.62. The Kier molecular flexibility index (Phi) is 4.41. The molecule has 0 fully saturated rings. The SMILES string of the molecule is Cc1cc(CNC(=O)NC(C)c2nnc3ccccn23)ccc1F. The Morgan fingerprint density at radius 1 is 1.29 bits per heavy atom. The van der Waals surface area contributed by atoms with Gasteiger partial charge in [-0.15, -0.1) is 10.2 Å². The minimum Gasteiger partial charge on any atom is -0.334 e. The molecular formula is C17H18FN5O. The molecule has 1 aromatic carbocycles. The molecule has 1 unspecified atom stereocenters. The molecule has 2 amide bonds. The third kappa shape index (κ3) is 3.34. The zero-order valence-corrected chi connectivity index (χ0v) is 13.5. The molecule has 0 saturated carbocycles. The second-order valence-electron chi connectivity index (χ2n) is 5.62. The number of hydrogen-bond donors (Lipinski definition) is 2. The van der Waals surface area contributed by atoms with Gasteiger partial charge in [0.1, 0.15) is 5.82 Å². The number of carbonyl (C=O) groups is 1. The zero-order chi connectivity index (χ0) is 17.1. The van der Waals surface area contributed by atoms with Gasteiger partial charge in [0, 0.05) is 12.7 Å². The zero-order valence-electron chi connectivity index (χ0n) is 13.5. The maximum atomic E-state index is 13.2. The van der Waals surface area contributed by atoms with Gasteiger partial charge in [-0.25, -0.2) is 9.18 Å². The van der Waals surface area contributed by atoms with E-state index in [1.807, 2.05) is 35.7 Å². The molecule has 24 heavy (non-hydrogen) atoms. The number of halogens is 1. The van der Waals surface area contributed by atoms with Gasteiger partial charge in [-0.05, 0) is 43.2 Å². The van der Waals surface area contributed by atoms with Crippen LogP contribution >= 0.6 is 0 Å². The minimum absolute atomic E-state index is 0.254. The number of nitrogens with one attached hydrogen (secondary N) is 2. The largest absolute Gasteiger partial charge is 0.334 e. The Bertz CT molecular complexity index is 876. The first-order chi connectivity index (χ1) is 11.5. The molecular weight excluding hydrogens is 309 g/mol. The summed E-state index contributed by atoms with van der Waals surface area (Å²) in [5.41, 5.74) is 2.12. The lowest BCUT2D eigenvalue weighted by Crippen LogP contribution is -2.37. The number of benzene rings is 1. The fourth-order valence-corrected chi connectivity index (χ4v) is 2.47. The molecule has 0 radical (unpaired) electrons. The molecule has 0 aliphatic heterocycles. The van der Waals surface area contributed by atoms with E-state index in [2.05, 4.69) is 20.8 Å². The van der Waals surface area contributed by atoms with Gasteiger partial charge in [-0.2, -0.15) is 0 Å². The average Bonchev–Trinajstić information content (AvgIpc) is 3.00. The summed E-state index contributed by atoms with van der Waals surface area (Å²) in [6, 6.07) is 9.74. The summed E-state index contributed by atoms with van der Waals surface area (Å²) in [7, 11) is 0. The van der Waals surface area contributed by atoms with Crippen LogP contribution in [0.3, 0.4) is 0 Å². The number of aryl methyl sites for hydroxylation is 1. The molecule has 3 rings (SSSR count). The summed E-state index contributed by atoms with van der Waals surface area (Å²) in [5, 5.41) is 13.8. The molecule has 2 N–H and O–H groups in total. The predicted octanol–water partition coefficient (Wildman–Crippen LogP) is 2.74. The number of amides is 2. The fraction of sp³-hybridized carbons (Fsp3) is 0.235. The monoisotopic (exact) mass is 327 g/mol. The van der Waals surface area contributed by atoms with Crippen molar-refractivity contribution in [2.24, 2.45) is 0 Å². The van der Waals surface area contributed by atoms with E-state index >= 15 is 0 Å². The van der Waals surface area contributed by atoms with Crippen LogP contribution in [0.15, 0.2) is 42.6 Å². The van der Waals surface area contributed by atoms with E-state index in [0.717, 1.165) is 11.2 Å². The molecule has 2 aromatic heterocycles. The number of nitrogens with zero attached hydrogens (tertiary/aromatic N) is 3. The fourth-order valence-electron chi connectivity index (χ4n) is 2.47. The molecule has 0 saturated heterocycles. The minimum atomic E-state index is -0.322. The molecule has 7 heteroatoms. The van der Waals surface area contributed by atoms with E-state index in [-0.39, 0.29) is 17.9 Å². The lowest BCUT2D eigenvalue weighted by atomic mass is 10.1. The van der Waals surface area contributed by atoms with Crippen LogP contribution in [0.1, 0.15) is 29.9 Å². The smallest absolute Gasteiger partial charge is 0.315 e. The van der Waals surface area contributed by atoms with E-state index in [1.54, 1.807) is 19.1 Å². The number of rotatable bonds is 4. The quantitative estimate of drug-likeness (QED) is 0.774. The lowest BCUT2D eigenvalue weighted by molar-refractivity contribution is 0.237. The highest BCUT2D eigenvalue weighted by atomic mass is 19.1. The number of hydrogen-bond acceptors (Lipinski definition) is 3. The Morgan fingerprint density at radius 3 is 2.92 bits per heavy atom. The molecule has 0 spiro atoms. The van der Waals surface area contributed by atoms with Crippen LogP contribution in [0, 0.1) is 12.7 Å². The van der Waals surface area contributed by atoms with E-state index < -0.39 is 0 Å². The van der Waals surface area contributed by atoms with Gasteiger partial charge >= 0.3 is 6.03 Å². The molecule has 0 aliphatic carbocycles. The van der Waals surface area contributed by atoms with Crippen molar-refractivity contribution in [3.8, 4) is 0 Å². The highest BCUT2D eigenvalue weighted by Gasteiger charge is 2.15. The molecule has 6 nitrogen and oxygen atoms in total. The number of pyridine rings is 1. The van der Waals surface area contributed by atoms with Crippen LogP contribution in [0.2, 0.25) is 0 Å². The molecule has 0 aliphatic rings. The first-order valence-electron chi connectivity index (χ1n) is 7.63. The molecule has 124 valence electrons. The van der Waals surface area contributed by atoms with Crippen LogP contribution < -0.4 is 10.6 Å². The maximum Gasteiger partial charge on any atom is 0.315 e. The molecule has 0 bridgehead atoms. The van der Waals surface area contributed by atoms with Gasteiger partial charge in [-0.3, -0.25) is 4.40 Å². The van der Waals surface area contributed by atoms with Crippen molar-refractivity contribution >= 4 is 11.7 Å². The van der Waals surface area contributed by atoms with Crippen molar-refractivity contribution in [2.45, 2.75) is 26.4 Å². The summed E-state index contributed by atoms with van der Waals surface area (Å²) >= 11 is 0. The summed E-state index contributed by atoms with van der Waals surface area (Å²) in [4.78, 5) is 12.1.